The van der Waals surface area contributed by atoms with Gasteiger partial charge in [0.25, 0.3) is 5.91 Å². The average Bonchev–Trinajstić information content (AvgIpc) is 3.51. The molecule has 0 unspecified atom stereocenters. The number of carbonyl (C=O) groups excluding carboxylic acids is 2. The topological polar surface area (TPSA) is 75.2 Å². The molecule has 1 heterocycles. The lowest BCUT2D eigenvalue weighted by molar-refractivity contribution is -0.126. The van der Waals surface area contributed by atoms with Crippen LogP contribution in [0.4, 0.5) is 4.39 Å². The van der Waals surface area contributed by atoms with Crippen LogP contribution in [0, 0.1) is 5.82 Å². The molecule has 1 fully saturated rings. The molecule has 1 aliphatic rings. The molecule has 31 heavy (non-hydrogen) atoms. The van der Waals surface area contributed by atoms with Gasteiger partial charge in [0.2, 0.25) is 5.91 Å². The minimum atomic E-state index is -0.793. The summed E-state index contributed by atoms with van der Waals surface area (Å²) in [4.78, 5) is 28.6. The molecule has 0 aliphatic heterocycles. The Morgan fingerprint density at radius 3 is 2.45 bits per heavy atom. The summed E-state index contributed by atoms with van der Waals surface area (Å²) in [5, 5.41) is 8.50. The van der Waals surface area contributed by atoms with E-state index in [1.54, 1.807) is 22.4 Å². The maximum atomic E-state index is 13.4. The van der Waals surface area contributed by atoms with Crippen LogP contribution < -0.4 is 5.32 Å². The van der Waals surface area contributed by atoms with Crippen LogP contribution in [0.25, 0.3) is 0 Å². The molecule has 0 radical (unpaired) electrons. The molecular weight excluding hydrogens is 415 g/mol. The normalized spacial score (nSPS) is 14.9. The number of halogens is 1. The van der Waals surface area contributed by atoms with Crippen molar-refractivity contribution < 1.29 is 14.0 Å². The van der Waals surface area contributed by atoms with Crippen molar-refractivity contribution in [3.05, 3.63) is 82.6 Å². The van der Waals surface area contributed by atoms with Gasteiger partial charge in [0.15, 0.2) is 5.69 Å². The van der Waals surface area contributed by atoms with E-state index in [9.17, 15) is 14.0 Å². The van der Waals surface area contributed by atoms with Crippen LogP contribution in [0.2, 0.25) is 0 Å². The summed E-state index contributed by atoms with van der Waals surface area (Å²) in [7, 11) is 0. The van der Waals surface area contributed by atoms with Crippen molar-refractivity contribution in [1.29, 1.82) is 0 Å². The second kappa shape index (κ2) is 9.78. The summed E-state index contributed by atoms with van der Waals surface area (Å²) in [5.74, 6) is -0.891. The summed E-state index contributed by atoms with van der Waals surface area (Å²) >= 11 is 1.11. The van der Waals surface area contributed by atoms with E-state index in [4.69, 9.17) is 0 Å². The SMILES string of the molecule is O=C(NCc1ccc(F)cc1)[C@H](c1ccccc1)N(C(=O)c1csnn1)C1CCCC1. The van der Waals surface area contributed by atoms with E-state index >= 15 is 0 Å². The fraction of sp³-hybridized carbons (Fsp3) is 0.304. The Kier molecular flexibility index (Phi) is 6.66. The Balaban J connectivity index is 1.65. The Bertz CT molecular complexity index is 1010. The summed E-state index contributed by atoms with van der Waals surface area (Å²) < 4.78 is 17.0. The van der Waals surface area contributed by atoms with Gasteiger partial charge in [0.05, 0.1) is 0 Å². The Labute approximate surface area is 184 Å². The molecule has 3 aromatic rings. The lowest BCUT2D eigenvalue weighted by Crippen LogP contribution is -2.48. The molecule has 1 aliphatic carbocycles. The highest BCUT2D eigenvalue weighted by atomic mass is 32.1. The fourth-order valence-corrected chi connectivity index (χ4v) is 4.46. The third-order valence-electron chi connectivity index (χ3n) is 5.55. The number of nitrogens with zero attached hydrogens (tertiary/aromatic N) is 3. The smallest absolute Gasteiger partial charge is 0.276 e. The zero-order valence-corrected chi connectivity index (χ0v) is 17.7. The Hall–Kier alpha value is -3.13. The molecule has 4 rings (SSSR count). The van der Waals surface area contributed by atoms with Crippen molar-refractivity contribution in [2.45, 2.75) is 44.3 Å². The first-order chi connectivity index (χ1) is 15.1. The largest absolute Gasteiger partial charge is 0.350 e. The third kappa shape index (κ3) is 4.96. The third-order valence-corrected chi connectivity index (χ3v) is 6.06. The first-order valence-electron chi connectivity index (χ1n) is 10.3. The van der Waals surface area contributed by atoms with Gasteiger partial charge < -0.3 is 10.2 Å². The van der Waals surface area contributed by atoms with Gasteiger partial charge in [-0.1, -0.05) is 59.8 Å². The van der Waals surface area contributed by atoms with Crippen LogP contribution in [0.15, 0.2) is 60.0 Å². The van der Waals surface area contributed by atoms with E-state index in [0.717, 1.165) is 48.3 Å². The van der Waals surface area contributed by atoms with Gasteiger partial charge in [0.1, 0.15) is 11.9 Å². The number of amides is 2. The fourth-order valence-electron chi connectivity index (χ4n) is 4.03. The number of nitrogens with one attached hydrogen (secondary N) is 1. The van der Waals surface area contributed by atoms with Gasteiger partial charge in [0, 0.05) is 18.0 Å². The van der Waals surface area contributed by atoms with Gasteiger partial charge in [-0.15, -0.1) is 5.10 Å². The molecule has 1 N–H and O–H groups in total. The molecule has 160 valence electrons. The average molecular weight is 439 g/mol. The van der Waals surface area contributed by atoms with E-state index in [-0.39, 0.29) is 35.9 Å². The quantitative estimate of drug-likeness (QED) is 0.602. The summed E-state index contributed by atoms with van der Waals surface area (Å²) in [6.45, 7) is 0.243. The predicted molar refractivity (Wildman–Crippen MR) is 116 cm³/mol. The molecular formula is C23H23FN4O2S. The van der Waals surface area contributed by atoms with Gasteiger partial charge in [-0.05, 0) is 47.6 Å². The Morgan fingerprint density at radius 1 is 1.10 bits per heavy atom. The molecule has 8 heteroatoms. The minimum Gasteiger partial charge on any atom is -0.350 e. The molecule has 2 aromatic carbocycles. The highest BCUT2D eigenvalue weighted by Crippen LogP contribution is 2.33. The van der Waals surface area contributed by atoms with E-state index in [1.807, 2.05) is 30.3 Å². The second-order valence-corrected chi connectivity index (χ2v) is 8.21. The van der Waals surface area contributed by atoms with Crippen molar-refractivity contribution in [2.24, 2.45) is 0 Å². The molecule has 6 nitrogen and oxygen atoms in total. The number of hydrogen-bond donors (Lipinski definition) is 1. The lowest BCUT2D eigenvalue weighted by Gasteiger charge is -2.35. The van der Waals surface area contributed by atoms with Crippen LogP contribution in [-0.4, -0.2) is 32.3 Å². The minimum absolute atomic E-state index is 0.0454. The van der Waals surface area contributed by atoms with Crippen molar-refractivity contribution in [3.8, 4) is 0 Å². The molecule has 1 atom stereocenters. The molecule has 0 spiro atoms. The van der Waals surface area contributed by atoms with Crippen molar-refractivity contribution in [1.82, 2.24) is 19.8 Å². The highest BCUT2D eigenvalue weighted by molar-refractivity contribution is 7.03. The van der Waals surface area contributed by atoms with Gasteiger partial charge in [-0.2, -0.15) is 0 Å². The predicted octanol–water partition coefficient (Wildman–Crippen LogP) is 4.12. The Morgan fingerprint density at radius 2 is 1.81 bits per heavy atom. The number of rotatable bonds is 7. The maximum Gasteiger partial charge on any atom is 0.276 e. The van der Waals surface area contributed by atoms with Crippen LogP contribution in [0.1, 0.15) is 53.3 Å². The second-order valence-electron chi connectivity index (χ2n) is 7.60. The van der Waals surface area contributed by atoms with Gasteiger partial charge in [-0.3, -0.25) is 9.59 Å². The van der Waals surface area contributed by atoms with Crippen LogP contribution >= 0.6 is 11.5 Å². The summed E-state index contributed by atoms with van der Waals surface area (Å²) in [5.41, 5.74) is 1.77. The van der Waals surface area contributed by atoms with Gasteiger partial charge >= 0.3 is 0 Å². The molecule has 1 saturated carbocycles. The monoisotopic (exact) mass is 438 g/mol. The van der Waals surface area contributed by atoms with Crippen LogP contribution in [0.5, 0.6) is 0 Å². The highest BCUT2D eigenvalue weighted by Gasteiger charge is 2.38. The van der Waals surface area contributed by atoms with Gasteiger partial charge in [-0.25, -0.2) is 4.39 Å². The number of benzene rings is 2. The molecule has 0 saturated heterocycles. The summed E-state index contributed by atoms with van der Waals surface area (Å²) in [6, 6.07) is 14.5. The first kappa shape index (κ1) is 21.1. The molecule has 0 bridgehead atoms. The molecule has 2 amide bonds. The zero-order valence-electron chi connectivity index (χ0n) is 16.9. The zero-order chi connectivity index (χ0) is 21.6. The summed E-state index contributed by atoms with van der Waals surface area (Å²) in [6.07, 6.45) is 3.72. The van der Waals surface area contributed by atoms with E-state index in [0.29, 0.717) is 0 Å². The first-order valence-corrected chi connectivity index (χ1v) is 11.1. The van der Waals surface area contributed by atoms with Crippen LogP contribution in [-0.2, 0) is 11.3 Å². The van der Waals surface area contributed by atoms with E-state index in [2.05, 4.69) is 14.9 Å². The van der Waals surface area contributed by atoms with Crippen molar-refractivity contribution in [3.63, 3.8) is 0 Å². The lowest BCUT2D eigenvalue weighted by atomic mass is 10.0. The van der Waals surface area contributed by atoms with E-state index < -0.39 is 6.04 Å². The standard InChI is InChI=1S/C23H23FN4O2S/c24-18-12-10-16(11-13-18)14-25-22(29)21(17-6-2-1-3-7-17)28(19-8-4-5-9-19)23(30)20-15-31-27-26-20/h1-3,6-7,10-13,15,19,21H,4-5,8-9,14H2,(H,25,29)/t21-/m0/s1. The number of aromatic nitrogens is 2. The number of hydrogen-bond acceptors (Lipinski definition) is 5. The van der Waals surface area contributed by atoms with E-state index in [1.165, 1.54) is 12.1 Å². The van der Waals surface area contributed by atoms with Crippen LogP contribution in [0.3, 0.4) is 0 Å². The maximum absolute atomic E-state index is 13.4. The number of carbonyl (C=O) groups is 2. The van der Waals surface area contributed by atoms with Crippen molar-refractivity contribution >= 4 is 23.3 Å². The molecule has 1 aromatic heterocycles. The van der Waals surface area contributed by atoms with Crippen molar-refractivity contribution in [2.75, 3.05) is 0 Å².